The summed E-state index contributed by atoms with van der Waals surface area (Å²) in [6, 6.07) is 1.97. The molecule has 0 amide bonds. The van der Waals surface area contributed by atoms with E-state index in [9.17, 15) is 0 Å². The van der Waals surface area contributed by atoms with E-state index in [-0.39, 0.29) is 5.25 Å². The summed E-state index contributed by atoms with van der Waals surface area (Å²) < 4.78 is 11.1. The van der Waals surface area contributed by atoms with Crippen LogP contribution in [0.5, 0.6) is 5.75 Å². The van der Waals surface area contributed by atoms with Gasteiger partial charge in [-0.2, -0.15) is 0 Å². The lowest BCUT2D eigenvalue weighted by Gasteiger charge is -2.25. The number of imidazole rings is 1. The molecule has 0 saturated heterocycles. The summed E-state index contributed by atoms with van der Waals surface area (Å²) in [7, 11) is 1.71. The minimum absolute atomic E-state index is 0.252. The molecule has 0 bridgehead atoms. The Morgan fingerprint density at radius 1 is 1.23 bits per heavy atom. The predicted octanol–water partition coefficient (Wildman–Crippen LogP) is 3.33. The lowest BCUT2D eigenvalue weighted by Crippen LogP contribution is -2.12. The van der Waals surface area contributed by atoms with Crippen molar-refractivity contribution in [1.29, 1.82) is 0 Å². The van der Waals surface area contributed by atoms with Crippen LogP contribution in [0.25, 0.3) is 11.2 Å². The van der Waals surface area contributed by atoms with E-state index in [1.165, 1.54) is 5.56 Å². The molecule has 1 unspecified atom stereocenters. The first-order valence-corrected chi connectivity index (χ1v) is 9.65. The van der Waals surface area contributed by atoms with Gasteiger partial charge in [-0.05, 0) is 25.3 Å². The number of pyridine rings is 1. The van der Waals surface area contributed by atoms with Crippen molar-refractivity contribution in [2.45, 2.75) is 36.0 Å². The molecular weight excluding hydrogens is 350 g/mol. The zero-order valence-corrected chi connectivity index (χ0v) is 15.5. The smallest absolute Gasteiger partial charge is 0.181 e. The number of methoxy groups -OCH3 is 1. The average Bonchev–Trinajstić information content (AvgIpc) is 3.15. The van der Waals surface area contributed by atoms with Crippen molar-refractivity contribution in [2.24, 2.45) is 0 Å². The van der Waals surface area contributed by atoms with E-state index in [1.807, 2.05) is 12.3 Å². The van der Waals surface area contributed by atoms with E-state index < -0.39 is 0 Å². The summed E-state index contributed by atoms with van der Waals surface area (Å²) in [5.74, 6) is 0.950. The van der Waals surface area contributed by atoms with Gasteiger partial charge in [0.2, 0.25) is 0 Å². The van der Waals surface area contributed by atoms with E-state index in [1.54, 1.807) is 31.5 Å². The van der Waals surface area contributed by atoms with Crippen LogP contribution in [0, 0.1) is 0 Å². The maximum atomic E-state index is 5.99. The van der Waals surface area contributed by atoms with Crippen LogP contribution in [0.3, 0.4) is 0 Å². The van der Waals surface area contributed by atoms with Gasteiger partial charge in [0.1, 0.15) is 22.6 Å². The minimum Gasteiger partial charge on any atom is -0.493 e. The van der Waals surface area contributed by atoms with Crippen LogP contribution in [-0.2, 0) is 11.2 Å². The van der Waals surface area contributed by atoms with Gasteiger partial charge in [-0.25, -0.2) is 15.0 Å². The number of H-pyrrole nitrogens is 1. The van der Waals surface area contributed by atoms with Gasteiger partial charge in [0.25, 0.3) is 0 Å². The number of fused-ring (bicyclic) bond motifs is 2. The van der Waals surface area contributed by atoms with Gasteiger partial charge in [0, 0.05) is 31.9 Å². The Balaban J connectivity index is 1.56. The summed E-state index contributed by atoms with van der Waals surface area (Å²) in [6.45, 7) is 1.36. The van der Waals surface area contributed by atoms with Gasteiger partial charge in [0.15, 0.2) is 5.65 Å². The highest BCUT2D eigenvalue weighted by atomic mass is 32.2. The third kappa shape index (κ3) is 3.52. The quantitative estimate of drug-likeness (QED) is 0.503. The highest BCUT2D eigenvalue weighted by Gasteiger charge is 2.26. The molecule has 3 aromatic rings. The molecule has 3 heterocycles. The van der Waals surface area contributed by atoms with Crippen molar-refractivity contribution in [3.8, 4) is 5.75 Å². The third-order valence-corrected chi connectivity index (χ3v) is 5.71. The molecule has 3 aromatic heterocycles. The van der Waals surface area contributed by atoms with Gasteiger partial charge in [-0.3, -0.25) is 4.98 Å². The van der Waals surface area contributed by atoms with Crippen molar-refractivity contribution in [3.05, 3.63) is 36.2 Å². The van der Waals surface area contributed by atoms with Crippen LogP contribution in [0.4, 0.5) is 0 Å². The normalized spacial score (nSPS) is 16.6. The summed E-state index contributed by atoms with van der Waals surface area (Å²) in [5, 5.41) is 1.17. The second kappa shape index (κ2) is 8.01. The molecule has 0 fully saturated rings. The number of aromatic nitrogens is 5. The second-order valence-corrected chi connectivity index (χ2v) is 7.34. The summed E-state index contributed by atoms with van der Waals surface area (Å²) in [4.78, 5) is 20.7. The molecule has 0 aliphatic heterocycles. The molecule has 1 aliphatic carbocycles. The van der Waals surface area contributed by atoms with Crippen molar-refractivity contribution >= 4 is 22.9 Å². The Bertz CT molecular complexity index is 885. The van der Waals surface area contributed by atoms with E-state index in [4.69, 9.17) is 9.47 Å². The number of thioether (sulfide) groups is 1. The predicted molar refractivity (Wildman–Crippen MR) is 99.4 cm³/mol. The van der Waals surface area contributed by atoms with Crippen LogP contribution in [0.1, 0.15) is 35.8 Å². The molecule has 0 radical (unpaired) electrons. The maximum Gasteiger partial charge on any atom is 0.181 e. The molecule has 4 rings (SSSR count). The monoisotopic (exact) mass is 371 g/mol. The van der Waals surface area contributed by atoms with E-state index in [0.29, 0.717) is 18.9 Å². The van der Waals surface area contributed by atoms with E-state index >= 15 is 0 Å². The zero-order valence-electron chi connectivity index (χ0n) is 14.6. The number of nitrogens with zero attached hydrogens (tertiary/aromatic N) is 4. The van der Waals surface area contributed by atoms with Crippen molar-refractivity contribution in [2.75, 3.05) is 20.3 Å². The molecule has 0 spiro atoms. The number of ether oxygens (including phenoxy) is 2. The molecule has 1 N–H and O–H groups in total. The van der Waals surface area contributed by atoms with Crippen molar-refractivity contribution in [3.63, 3.8) is 0 Å². The molecular formula is C18H21N5O2S. The van der Waals surface area contributed by atoms with Crippen molar-refractivity contribution in [1.82, 2.24) is 24.9 Å². The molecule has 7 nitrogen and oxygen atoms in total. The first kappa shape index (κ1) is 17.2. The Morgan fingerprint density at radius 3 is 3.12 bits per heavy atom. The Hall–Kier alpha value is -2.19. The SMILES string of the molecule is COCCCOc1ccnc2c1CCCC2Sc1ncnc2nc[nH]c12. The van der Waals surface area contributed by atoms with Gasteiger partial charge in [-0.1, -0.05) is 11.8 Å². The first-order chi connectivity index (χ1) is 12.9. The Morgan fingerprint density at radius 2 is 2.19 bits per heavy atom. The second-order valence-electron chi connectivity index (χ2n) is 6.15. The molecule has 1 aliphatic rings. The topological polar surface area (TPSA) is 85.8 Å². The fraction of sp³-hybridized carbons (Fsp3) is 0.444. The Labute approximate surface area is 156 Å². The third-order valence-electron chi connectivity index (χ3n) is 4.44. The van der Waals surface area contributed by atoms with Crippen LogP contribution >= 0.6 is 11.8 Å². The number of nitrogens with one attached hydrogen (secondary N) is 1. The summed E-state index contributed by atoms with van der Waals surface area (Å²) in [5.41, 5.74) is 3.92. The highest BCUT2D eigenvalue weighted by Crippen LogP contribution is 2.45. The van der Waals surface area contributed by atoms with E-state index in [2.05, 4.69) is 24.9 Å². The number of hydrogen-bond donors (Lipinski definition) is 1. The van der Waals surface area contributed by atoms with E-state index in [0.717, 1.165) is 47.7 Å². The summed E-state index contributed by atoms with van der Waals surface area (Å²) >= 11 is 1.72. The van der Waals surface area contributed by atoms with Crippen LogP contribution in [-0.4, -0.2) is 45.2 Å². The number of aromatic amines is 1. The van der Waals surface area contributed by atoms with Crippen LogP contribution in [0.15, 0.2) is 29.9 Å². The average molecular weight is 371 g/mol. The number of rotatable bonds is 7. The van der Waals surface area contributed by atoms with Crippen LogP contribution < -0.4 is 4.74 Å². The fourth-order valence-corrected chi connectivity index (χ4v) is 4.47. The molecule has 8 heteroatoms. The highest BCUT2D eigenvalue weighted by molar-refractivity contribution is 7.99. The zero-order chi connectivity index (χ0) is 17.8. The van der Waals surface area contributed by atoms with Crippen molar-refractivity contribution < 1.29 is 9.47 Å². The van der Waals surface area contributed by atoms with Crippen LogP contribution in [0.2, 0.25) is 0 Å². The van der Waals surface area contributed by atoms with Gasteiger partial charge in [-0.15, -0.1) is 0 Å². The first-order valence-electron chi connectivity index (χ1n) is 8.77. The molecule has 0 saturated carbocycles. The maximum absolute atomic E-state index is 5.99. The fourth-order valence-electron chi connectivity index (χ4n) is 3.22. The lowest BCUT2D eigenvalue weighted by molar-refractivity contribution is 0.171. The van der Waals surface area contributed by atoms with Gasteiger partial charge >= 0.3 is 0 Å². The summed E-state index contributed by atoms with van der Waals surface area (Å²) in [6.07, 6.45) is 9.13. The Kier molecular flexibility index (Phi) is 5.31. The molecule has 0 aromatic carbocycles. The van der Waals surface area contributed by atoms with Gasteiger partial charge in [0.05, 0.1) is 23.9 Å². The minimum atomic E-state index is 0.252. The molecule has 26 heavy (non-hydrogen) atoms. The van der Waals surface area contributed by atoms with Gasteiger partial charge < -0.3 is 14.5 Å². The lowest BCUT2D eigenvalue weighted by atomic mass is 9.95. The molecule has 1 atom stereocenters. The standard InChI is InChI=1S/C18H21N5O2S/c1-24-8-3-9-25-13-6-7-19-15-12(13)4-2-5-14(15)26-18-16-17(21-10-20-16)22-11-23-18/h6-7,10-11,14H,2-5,8-9H2,1H3,(H,20,21,22,23). The largest absolute Gasteiger partial charge is 0.493 e. The number of hydrogen-bond acceptors (Lipinski definition) is 7. The molecule has 136 valence electrons.